The maximum Gasteiger partial charge on any atom is 0.177 e. The number of nitriles is 1. The minimum Gasteiger partial charge on any atom is -0.313 e. The molecule has 3 aromatic rings. The average Bonchev–Trinajstić information content (AvgIpc) is 2.86. The Balaban J connectivity index is 2.27. The van der Waals surface area contributed by atoms with Gasteiger partial charge in [-0.25, -0.2) is 0 Å². The van der Waals surface area contributed by atoms with Gasteiger partial charge in [-0.15, -0.1) is 0 Å². The summed E-state index contributed by atoms with van der Waals surface area (Å²) in [4.78, 5) is 12.0. The second kappa shape index (κ2) is 4.67. The van der Waals surface area contributed by atoms with E-state index in [1.165, 1.54) is 0 Å². The molecule has 20 heavy (non-hydrogen) atoms. The number of carbonyl (C=O) groups is 1. The molecule has 0 amide bonds. The molecule has 0 aliphatic carbocycles. The third kappa shape index (κ3) is 1.88. The Labute approximate surface area is 116 Å². The van der Waals surface area contributed by atoms with Crippen LogP contribution in [0.3, 0.4) is 0 Å². The fraction of sp³-hybridized carbons (Fsp3) is 0.0588. The van der Waals surface area contributed by atoms with Crippen molar-refractivity contribution < 1.29 is 4.79 Å². The Morgan fingerprint density at radius 2 is 1.90 bits per heavy atom. The SMILES string of the molecule is CC(=O)c1c(-c2ccc(C#N)cc2)cc2ccccn12. The van der Waals surface area contributed by atoms with E-state index >= 15 is 0 Å². The van der Waals surface area contributed by atoms with E-state index in [-0.39, 0.29) is 5.78 Å². The van der Waals surface area contributed by atoms with Crippen LogP contribution < -0.4 is 0 Å². The quantitative estimate of drug-likeness (QED) is 0.660. The summed E-state index contributed by atoms with van der Waals surface area (Å²) in [5.41, 5.74) is 4.11. The van der Waals surface area contributed by atoms with E-state index in [1.54, 1.807) is 19.1 Å². The van der Waals surface area contributed by atoms with Crippen LogP contribution in [0.25, 0.3) is 16.6 Å². The van der Waals surface area contributed by atoms with E-state index in [9.17, 15) is 4.79 Å². The normalized spacial score (nSPS) is 10.4. The molecule has 0 fully saturated rings. The number of benzene rings is 1. The van der Waals surface area contributed by atoms with Crippen molar-refractivity contribution in [3.63, 3.8) is 0 Å². The molecule has 3 heteroatoms. The number of hydrogen-bond donors (Lipinski definition) is 0. The molecule has 3 rings (SSSR count). The second-order valence-corrected chi connectivity index (χ2v) is 4.65. The first-order valence-electron chi connectivity index (χ1n) is 6.32. The smallest absolute Gasteiger partial charge is 0.177 e. The van der Waals surface area contributed by atoms with E-state index in [4.69, 9.17) is 5.26 Å². The Morgan fingerprint density at radius 1 is 1.15 bits per heavy atom. The molecule has 0 spiro atoms. The van der Waals surface area contributed by atoms with Gasteiger partial charge in [-0.1, -0.05) is 18.2 Å². The Morgan fingerprint density at radius 3 is 2.55 bits per heavy atom. The molecule has 0 atom stereocenters. The lowest BCUT2D eigenvalue weighted by atomic mass is 10.0. The van der Waals surface area contributed by atoms with Crippen LogP contribution in [0.15, 0.2) is 54.7 Å². The van der Waals surface area contributed by atoms with Gasteiger partial charge in [0.2, 0.25) is 0 Å². The van der Waals surface area contributed by atoms with Gasteiger partial charge in [0.15, 0.2) is 5.78 Å². The van der Waals surface area contributed by atoms with Gasteiger partial charge >= 0.3 is 0 Å². The molecule has 0 saturated heterocycles. The predicted octanol–water partition coefficient (Wildman–Crippen LogP) is 3.68. The Bertz CT molecular complexity index is 836. The Hall–Kier alpha value is -2.86. The third-order valence-corrected chi connectivity index (χ3v) is 3.34. The maximum absolute atomic E-state index is 12.0. The van der Waals surface area contributed by atoms with Crippen LogP contribution in [0.5, 0.6) is 0 Å². The van der Waals surface area contributed by atoms with Crippen molar-refractivity contribution in [3.8, 4) is 17.2 Å². The van der Waals surface area contributed by atoms with Gasteiger partial charge in [0.1, 0.15) is 0 Å². The molecule has 2 heterocycles. The minimum atomic E-state index is 0.0237. The number of Topliss-reactive ketones (excluding diaryl/α,β-unsaturated/α-hetero) is 1. The molecule has 0 aliphatic rings. The lowest BCUT2D eigenvalue weighted by molar-refractivity contribution is 0.101. The van der Waals surface area contributed by atoms with Gasteiger partial charge in [0.05, 0.1) is 17.3 Å². The zero-order valence-electron chi connectivity index (χ0n) is 11.0. The average molecular weight is 260 g/mol. The van der Waals surface area contributed by atoms with Crippen LogP contribution in [0, 0.1) is 11.3 Å². The van der Waals surface area contributed by atoms with Crippen LogP contribution in [-0.4, -0.2) is 10.2 Å². The van der Waals surface area contributed by atoms with Crippen LogP contribution in [0.1, 0.15) is 23.0 Å². The minimum absolute atomic E-state index is 0.0237. The van der Waals surface area contributed by atoms with Gasteiger partial charge in [0, 0.05) is 24.2 Å². The van der Waals surface area contributed by atoms with Crippen molar-refractivity contribution in [1.29, 1.82) is 5.26 Å². The molecule has 1 aromatic carbocycles. The number of carbonyl (C=O) groups excluding carboxylic acids is 1. The van der Waals surface area contributed by atoms with E-state index in [0.29, 0.717) is 11.3 Å². The first-order chi connectivity index (χ1) is 9.70. The summed E-state index contributed by atoms with van der Waals surface area (Å²) in [6, 6.07) is 17.2. The lowest BCUT2D eigenvalue weighted by Gasteiger charge is -2.03. The topological polar surface area (TPSA) is 45.3 Å². The van der Waals surface area contributed by atoms with E-state index < -0.39 is 0 Å². The largest absolute Gasteiger partial charge is 0.313 e. The molecule has 0 radical (unpaired) electrons. The van der Waals surface area contributed by atoms with Crippen molar-refractivity contribution in [2.75, 3.05) is 0 Å². The summed E-state index contributed by atoms with van der Waals surface area (Å²) in [6.45, 7) is 1.57. The standard InChI is InChI=1S/C17H12N2O/c1-12(20)17-16(10-15-4-2-3-9-19(15)17)14-7-5-13(11-18)6-8-14/h2-10H,1H3. The van der Waals surface area contributed by atoms with Crippen LogP contribution in [-0.2, 0) is 0 Å². The van der Waals surface area contributed by atoms with Crippen molar-refractivity contribution in [3.05, 3.63) is 66.0 Å². The van der Waals surface area contributed by atoms with Crippen molar-refractivity contribution in [2.45, 2.75) is 6.92 Å². The van der Waals surface area contributed by atoms with E-state index in [1.807, 2.05) is 47.0 Å². The first kappa shape index (κ1) is 12.2. The zero-order chi connectivity index (χ0) is 14.1. The Kier molecular flexibility index (Phi) is 2.85. The predicted molar refractivity (Wildman–Crippen MR) is 77.6 cm³/mol. The fourth-order valence-electron chi connectivity index (χ4n) is 2.43. The molecule has 2 aromatic heterocycles. The zero-order valence-corrected chi connectivity index (χ0v) is 11.0. The monoisotopic (exact) mass is 260 g/mol. The van der Waals surface area contributed by atoms with Gasteiger partial charge in [-0.3, -0.25) is 4.79 Å². The maximum atomic E-state index is 12.0. The summed E-state index contributed by atoms with van der Waals surface area (Å²) < 4.78 is 1.90. The van der Waals surface area contributed by atoms with Crippen molar-refractivity contribution in [1.82, 2.24) is 4.40 Å². The summed E-state index contributed by atoms with van der Waals surface area (Å²) >= 11 is 0. The van der Waals surface area contributed by atoms with Gasteiger partial charge < -0.3 is 4.40 Å². The summed E-state index contributed by atoms with van der Waals surface area (Å²) in [5, 5.41) is 8.85. The number of pyridine rings is 1. The summed E-state index contributed by atoms with van der Waals surface area (Å²) in [5.74, 6) is 0.0237. The molecule has 3 nitrogen and oxygen atoms in total. The van der Waals surface area contributed by atoms with Gasteiger partial charge in [-0.2, -0.15) is 5.26 Å². The number of ketones is 1. The number of fused-ring (bicyclic) bond motifs is 1. The summed E-state index contributed by atoms with van der Waals surface area (Å²) in [7, 11) is 0. The number of rotatable bonds is 2. The molecule has 0 N–H and O–H groups in total. The molecule has 0 aliphatic heterocycles. The van der Waals surface area contributed by atoms with Crippen molar-refractivity contribution in [2.24, 2.45) is 0 Å². The molecular formula is C17H12N2O. The second-order valence-electron chi connectivity index (χ2n) is 4.65. The van der Waals surface area contributed by atoms with Crippen molar-refractivity contribution >= 4 is 11.3 Å². The highest BCUT2D eigenvalue weighted by molar-refractivity contribution is 6.01. The number of hydrogen-bond acceptors (Lipinski definition) is 2. The highest BCUT2D eigenvalue weighted by Crippen LogP contribution is 2.28. The van der Waals surface area contributed by atoms with E-state index in [0.717, 1.165) is 16.6 Å². The van der Waals surface area contributed by atoms with Crippen LogP contribution in [0.2, 0.25) is 0 Å². The molecule has 0 bridgehead atoms. The fourth-order valence-corrected chi connectivity index (χ4v) is 2.43. The first-order valence-corrected chi connectivity index (χ1v) is 6.32. The number of aromatic nitrogens is 1. The third-order valence-electron chi connectivity index (χ3n) is 3.34. The molecule has 0 unspecified atom stereocenters. The van der Waals surface area contributed by atoms with Gasteiger partial charge in [0.25, 0.3) is 0 Å². The summed E-state index contributed by atoms with van der Waals surface area (Å²) in [6.07, 6.45) is 1.89. The molecule has 0 saturated carbocycles. The van der Waals surface area contributed by atoms with E-state index in [2.05, 4.69) is 6.07 Å². The molecule has 96 valence electrons. The van der Waals surface area contributed by atoms with Crippen LogP contribution in [0.4, 0.5) is 0 Å². The molecular weight excluding hydrogens is 248 g/mol. The highest BCUT2D eigenvalue weighted by atomic mass is 16.1. The lowest BCUT2D eigenvalue weighted by Crippen LogP contribution is -2.00. The van der Waals surface area contributed by atoms with Crippen LogP contribution >= 0.6 is 0 Å². The number of nitrogens with zero attached hydrogens (tertiary/aromatic N) is 2. The highest BCUT2D eigenvalue weighted by Gasteiger charge is 2.15. The van der Waals surface area contributed by atoms with Gasteiger partial charge in [-0.05, 0) is 35.9 Å².